The maximum Gasteiger partial charge on any atom is 0.334 e. The number of H-pyrrole nitrogens is 1. The molecule has 1 N–H and O–H groups in total. The lowest BCUT2D eigenvalue weighted by Crippen LogP contribution is -2.33. The molecule has 5 nitrogen and oxygen atoms in total. The molecule has 0 spiro atoms. The summed E-state index contributed by atoms with van der Waals surface area (Å²) in [5.41, 5.74) is -0.0236. The molecule has 1 heterocycles. The Labute approximate surface area is 107 Å². The van der Waals surface area contributed by atoms with Crippen LogP contribution in [0.2, 0.25) is 5.15 Å². The molecule has 0 aliphatic heterocycles. The van der Waals surface area contributed by atoms with Crippen molar-refractivity contribution in [1.82, 2.24) is 9.55 Å². The predicted molar refractivity (Wildman–Crippen MR) is 67.1 cm³/mol. The summed E-state index contributed by atoms with van der Waals surface area (Å²) >= 11 is 5.58. The van der Waals surface area contributed by atoms with Gasteiger partial charge in [0.2, 0.25) is 0 Å². The zero-order valence-corrected chi connectivity index (χ0v) is 10.2. The highest BCUT2D eigenvalue weighted by Crippen LogP contribution is 2.14. The minimum atomic E-state index is -0.672. The number of rotatable bonds is 1. The van der Waals surface area contributed by atoms with Crippen molar-refractivity contribution in [3.05, 3.63) is 61.4 Å². The second-order valence-electron chi connectivity index (χ2n) is 3.68. The van der Waals surface area contributed by atoms with Crippen LogP contribution in [0.3, 0.4) is 0 Å². The van der Waals surface area contributed by atoms with Gasteiger partial charge >= 0.3 is 5.69 Å². The molecule has 0 saturated carbocycles. The van der Waals surface area contributed by atoms with Gasteiger partial charge in [-0.2, -0.15) is 5.26 Å². The SMILES string of the molecule is Cc1cccc(-n2c(=O)cc(Cl)[nH]c2=O)c1C#N. The Morgan fingerprint density at radius 1 is 1.39 bits per heavy atom. The Morgan fingerprint density at radius 3 is 2.72 bits per heavy atom. The first-order valence-corrected chi connectivity index (χ1v) is 5.44. The van der Waals surface area contributed by atoms with E-state index in [-0.39, 0.29) is 16.4 Å². The first-order valence-electron chi connectivity index (χ1n) is 5.06. The van der Waals surface area contributed by atoms with E-state index >= 15 is 0 Å². The van der Waals surface area contributed by atoms with Crippen molar-refractivity contribution in [3.63, 3.8) is 0 Å². The maximum absolute atomic E-state index is 11.8. The molecule has 0 fully saturated rings. The van der Waals surface area contributed by atoms with Gasteiger partial charge in [0.05, 0.1) is 11.3 Å². The fourth-order valence-corrected chi connectivity index (χ4v) is 1.85. The largest absolute Gasteiger partial charge is 0.334 e. The summed E-state index contributed by atoms with van der Waals surface area (Å²) in [5.74, 6) is 0. The molecule has 0 aliphatic carbocycles. The van der Waals surface area contributed by atoms with E-state index in [9.17, 15) is 9.59 Å². The Morgan fingerprint density at radius 2 is 2.11 bits per heavy atom. The van der Waals surface area contributed by atoms with E-state index in [0.29, 0.717) is 5.56 Å². The maximum atomic E-state index is 11.8. The van der Waals surface area contributed by atoms with Crippen LogP contribution in [-0.4, -0.2) is 9.55 Å². The number of nitriles is 1. The lowest BCUT2D eigenvalue weighted by Gasteiger charge is -2.08. The molecule has 0 bridgehead atoms. The van der Waals surface area contributed by atoms with E-state index in [4.69, 9.17) is 16.9 Å². The van der Waals surface area contributed by atoms with Crippen LogP contribution in [0.15, 0.2) is 33.9 Å². The van der Waals surface area contributed by atoms with Crippen molar-refractivity contribution < 1.29 is 0 Å². The van der Waals surface area contributed by atoms with Crippen molar-refractivity contribution in [2.24, 2.45) is 0 Å². The molecular formula is C12H8ClN3O2. The van der Waals surface area contributed by atoms with Crippen LogP contribution in [0.1, 0.15) is 11.1 Å². The van der Waals surface area contributed by atoms with Gasteiger partial charge in [-0.1, -0.05) is 23.7 Å². The number of hydrogen-bond donors (Lipinski definition) is 1. The minimum Gasteiger partial charge on any atom is -0.297 e. The Bertz CT molecular complexity index is 737. The lowest BCUT2D eigenvalue weighted by atomic mass is 10.1. The number of benzene rings is 1. The monoisotopic (exact) mass is 261 g/mol. The van der Waals surface area contributed by atoms with Crippen molar-refractivity contribution in [2.75, 3.05) is 0 Å². The third-order valence-electron chi connectivity index (χ3n) is 2.50. The smallest absolute Gasteiger partial charge is 0.297 e. The zero-order chi connectivity index (χ0) is 13.3. The summed E-state index contributed by atoms with van der Waals surface area (Å²) in [4.78, 5) is 25.9. The molecular weight excluding hydrogens is 254 g/mol. The predicted octanol–water partition coefficient (Wildman–Crippen LogP) is 1.36. The summed E-state index contributed by atoms with van der Waals surface area (Å²) in [6, 6.07) is 8.02. The van der Waals surface area contributed by atoms with Crippen LogP contribution in [0.4, 0.5) is 0 Å². The van der Waals surface area contributed by atoms with Gasteiger partial charge < -0.3 is 0 Å². The van der Waals surface area contributed by atoms with Crippen LogP contribution in [0.5, 0.6) is 0 Å². The molecule has 0 radical (unpaired) electrons. The van der Waals surface area contributed by atoms with E-state index in [2.05, 4.69) is 4.98 Å². The van der Waals surface area contributed by atoms with Gasteiger partial charge in [-0.05, 0) is 18.6 Å². The normalized spacial score (nSPS) is 10.1. The molecule has 0 unspecified atom stereocenters. The summed E-state index contributed by atoms with van der Waals surface area (Å²) in [7, 11) is 0. The third-order valence-corrected chi connectivity index (χ3v) is 2.71. The minimum absolute atomic E-state index is 0.0348. The molecule has 0 atom stereocenters. The highest BCUT2D eigenvalue weighted by molar-refractivity contribution is 6.29. The first kappa shape index (κ1) is 12.1. The molecule has 0 saturated heterocycles. The fraction of sp³-hybridized carbons (Fsp3) is 0.0833. The van der Waals surface area contributed by atoms with E-state index in [0.717, 1.165) is 10.6 Å². The Hall–Kier alpha value is -2.32. The van der Waals surface area contributed by atoms with E-state index in [1.54, 1.807) is 19.1 Å². The summed E-state index contributed by atoms with van der Waals surface area (Å²) in [6.07, 6.45) is 0. The van der Waals surface area contributed by atoms with E-state index in [1.165, 1.54) is 6.07 Å². The number of hydrogen-bond acceptors (Lipinski definition) is 3. The molecule has 6 heteroatoms. The van der Waals surface area contributed by atoms with Crippen LogP contribution in [0, 0.1) is 18.3 Å². The zero-order valence-electron chi connectivity index (χ0n) is 9.40. The van der Waals surface area contributed by atoms with Gasteiger partial charge in [0, 0.05) is 6.07 Å². The quantitative estimate of drug-likeness (QED) is 0.787. The second kappa shape index (κ2) is 4.51. The highest BCUT2D eigenvalue weighted by atomic mass is 35.5. The van der Waals surface area contributed by atoms with Gasteiger partial charge in [0.15, 0.2) is 0 Å². The molecule has 0 amide bonds. The lowest BCUT2D eigenvalue weighted by molar-refractivity contribution is 0.872. The van der Waals surface area contributed by atoms with Crippen LogP contribution in [-0.2, 0) is 0 Å². The Kier molecular flexibility index (Phi) is 3.04. The number of aromatic amines is 1. The van der Waals surface area contributed by atoms with Crippen molar-refractivity contribution >= 4 is 11.6 Å². The fourth-order valence-electron chi connectivity index (χ4n) is 1.68. The van der Waals surface area contributed by atoms with E-state index < -0.39 is 11.2 Å². The van der Waals surface area contributed by atoms with Gasteiger partial charge in [0.1, 0.15) is 11.2 Å². The topological polar surface area (TPSA) is 78.7 Å². The Balaban J connectivity index is 2.88. The number of halogens is 1. The molecule has 1 aromatic carbocycles. The first-order chi connectivity index (χ1) is 8.54. The van der Waals surface area contributed by atoms with Gasteiger partial charge in [-0.25, -0.2) is 9.36 Å². The third kappa shape index (κ3) is 1.94. The van der Waals surface area contributed by atoms with Crippen LogP contribution >= 0.6 is 11.6 Å². The van der Waals surface area contributed by atoms with Crippen LogP contribution in [0.25, 0.3) is 5.69 Å². The molecule has 18 heavy (non-hydrogen) atoms. The highest BCUT2D eigenvalue weighted by Gasteiger charge is 2.11. The molecule has 90 valence electrons. The number of nitrogens with zero attached hydrogens (tertiary/aromatic N) is 2. The molecule has 2 rings (SSSR count). The standard InChI is InChI=1S/C12H8ClN3O2/c1-7-3-2-4-9(8(7)6-14)16-11(17)5-10(13)15-12(16)18/h2-5H,1H3,(H,15,18). The van der Waals surface area contributed by atoms with Gasteiger partial charge in [-0.3, -0.25) is 9.78 Å². The summed E-state index contributed by atoms with van der Waals surface area (Å²) in [5, 5.41) is 9.06. The van der Waals surface area contributed by atoms with E-state index in [1.807, 2.05) is 6.07 Å². The number of aromatic nitrogens is 2. The molecule has 0 aliphatic rings. The van der Waals surface area contributed by atoms with Crippen molar-refractivity contribution in [3.8, 4) is 11.8 Å². The summed E-state index contributed by atoms with van der Waals surface area (Å²) < 4.78 is 0.886. The number of nitrogens with one attached hydrogen (secondary N) is 1. The molecule has 2 aromatic rings. The second-order valence-corrected chi connectivity index (χ2v) is 4.08. The van der Waals surface area contributed by atoms with Crippen LogP contribution < -0.4 is 11.2 Å². The number of aryl methyl sites for hydroxylation is 1. The van der Waals surface area contributed by atoms with Crippen molar-refractivity contribution in [1.29, 1.82) is 5.26 Å². The molecule has 1 aromatic heterocycles. The van der Waals surface area contributed by atoms with Gasteiger partial charge in [-0.15, -0.1) is 0 Å². The average Bonchev–Trinajstić information content (AvgIpc) is 2.27. The summed E-state index contributed by atoms with van der Waals surface area (Å²) in [6.45, 7) is 1.73. The average molecular weight is 262 g/mol. The van der Waals surface area contributed by atoms with Gasteiger partial charge in [0.25, 0.3) is 5.56 Å². The van der Waals surface area contributed by atoms with Crippen molar-refractivity contribution in [2.45, 2.75) is 6.92 Å².